The number of hydrogen-bond acceptors (Lipinski definition) is 2. The third-order valence-corrected chi connectivity index (χ3v) is 2.54. The van der Waals surface area contributed by atoms with Gasteiger partial charge in [-0.1, -0.05) is 75.6 Å². The summed E-state index contributed by atoms with van der Waals surface area (Å²) in [6.07, 6.45) is 6.21. The quantitative estimate of drug-likeness (QED) is 0.702. The van der Waals surface area contributed by atoms with Crippen LogP contribution in [0.3, 0.4) is 0 Å². The Kier molecular flexibility index (Phi) is 6.23. The van der Waals surface area contributed by atoms with E-state index in [2.05, 4.69) is 23.4 Å². The second kappa shape index (κ2) is 7.98. The third-order valence-electron chi connectivity index (χ3n) is 2.54. The van der Waals surface area contributed by atoms with E-state index < -0.39 is 0 Å². The van der Waals surface area contributed by atoms with Crippen LogP contribution in [0.15, 0.2) is 77.5 Å². The molecule has 0 fully saturated rings. The predicted octanol–water partition coefficient (Wildman–Crippen LogP) is 4.56. The van der Waals surface area contributed by atoms with Crippen LogP contribution in [-0.4, -0.2) is 11.4 Å². The van der Waals surface area contributed by atoms with Gasteiger partial charge in [-0.15, -0.1) is 0 Å². The van der Waals surface area contributed by atoms with Gasteiger partial charge in [0.1, 0.15) is 0 Å². The lowest BCUT2D eigenvalue weighted by molar-refractivity contribution is 1.27. The van der Waals surface area contributed by atoms with E-state index >= 15 is 0 Å². The molecule has 2 rings (SSSR count). The highest BCUT2D eigenvalue weighted by atomic mass is 15.2. The SMILES string of the molecule is C=C/C=C\C(=C)C1=NN=C(c2ccccc2)C1.CC. The monoisotopic (exact) mass is 252 g/mol. The van der Waals surface area contributed by atoms with Crippen molar-refractivity contribution in [1.29, 1.82) is 0 Å². The molecule has 1 heterocycles. The Morgan fingerprint density at radius 2 is 1.84 bits per heavy atom. The number of benzene rings is 1. The van der Waals surface area contributed by atoms with E-state index in [1.54, 1.807) is 6.08 Å². The van der Waals surface area contributed by atoms with Crippen LogP contribution in [-0.2, 0) is 0 Å². The summed E-state index contributed by atoms with van der Waals surface area (Å²) in [7, 11) is 0. The highest BCUT2D eigenvalue weighted by Crippen LogP contribution is 2.15. The first-order valence-electron chi connectivity index (χ1n) is 6.48. The molecule has 0 atom stereocenters. The van der Waals surface area contributed by atoms with Crippen molar-refractivity contribution in [3.63, 3.8) is 0 Å². The second-order valence-corrected chi connectivity index (χ2v) is 3.76. The van der Waals surface area contributed by atoms with Gasteiger partial charge in [0, 0.05) is 6.42 Å². The molecule has 0 aliphatic carbocycles. The highest BCUT2D eigenvalue weighted by molar-refractivity contribution is 6.20. The normalized spacial score (nSPS) is 13.4. The van der Waals surface area contributed by atoms with Crippen LogP contribution in [0.25, 0.3) is 0 Å². The summed E-state index contributed by atoms with van der Waals surface area (Å²) in [5.41, 5.74) is 3.92. The molecule has 1 aliphatic rings. The predicted molar refractivity (Wildman–Crippen MR) is 84.9 cm³/mol. The van der Waals surface area contributed by atoms with E-state index in [-0.39, 0.29) is 0 Å². The first kappa shape index (κ1) is 14.8. The maximum Gasteiger partial charge on any atom is 0.0763 e. The van der Waals surface area contributed by atoms with Crippen molar-refractivity contribution in [2.24, 2.45) is 10.2 Å². The largest absolute Gasteiger partial charge is 0.154 e. The summed E-state index contributed by atoms with van der Waals surface area (Å²) in [6.45, 7) is 11.6. The van der Waals surface area contributed by atoms with Gasteiger partial charge in [0.15, 0.2) is 0 Å². The molecule has 1 aliphatic heterocycles. The Hall–Kier alpha value is -2.22. The number of rotatable bonds is 4. The van der Waals surface area contributed by atoms with Crippen molar-refractivity contribution in [1.82, 2.24) is 0 Å². The summed E-state index contributed by atoms with van der Waals surface area (Å²) in [6, 6.07) is 10.1. The molecule has 0 unspecified atom stereocenters. The van der Waals surface area contributed by atoms with Crippen molar-refractivity contribution < 1.29 is 0 Å². The highest BCUT2D eigenvalue weighted by Gasteiger charge is 2.14. The van der Waals surface area contributed by atoms with Gasteiger partial charge < -0.3 is 0 Å². The lowest BCUT2D eigenvalue weighted by atomic mass is 10.0. The molecule has 0 N–H and O–H groups in total. The molecule has 0 saturated carbocycles. The number of allylic oxidation sites excluding steroid dienone is 4. The van der Waals surface area contributed by atoms with Gasteiger partial charge in [-0.2, -0.15) is 10.2 Å². The van der Waals surface area contributed by atoms with Gasteiger partial charge in [-0.05, 0) is 11.1 Å². The Balaban J connectivity index is 0.000000861. The van der Waals surface area contributed by atoms with Crippen molar-refractivity contribution in [2.45, 2.75) is 20.3 Å². The Bertz CT molecular complexity index is 519. The lowest BCUT2D eigenvalue weighted by Gasteiger charge is -2.00. The average Bonchev–Trinajstić information content (AvgIpc) is 2.98. The molecular formula is C17H20N2. The zero-order chi connectivity index (χ0) is 14.1. The first-order valence-corrected chi connectivity index (χ1v) is 6.48. The zero-order valence-electron chi connectivity index (χ0n) is 11.6. The van der Waals surface area contributed by atoms with E-state index in [1.807, 2.05) is 56.3 Å². The van der Waals surface area contributed by atoms with E-state index in [9.17, 15) is 0 Å². The van der Waals surface area contributed by atoms with Crippen LogP contribution in [0.2, 0.25) is 0 Å². The number of nitrogens with zero attached hydrogens (tertiary/aromatic N) is 2. The Morgan fingerprint density at radius 1 is 1.16 bits per heavy atom. The maximum absolute atomic E-state index is 4.20. The summed E-state index contributed by atoms with van der Waals surface area (Å²) in [5.74, 6) is 0. The molecule has 0 spiro atoms. The fourth-order valence-electron chi connectivity index (χ4n) is 1.60. The van der Waals surface area contributed by atoms with Crippen LogP contribution in [0.1, 0.15) is 25.8 Å². The lowest BCUT2D eigenvalue weighted by Crippen LogP contribution is -2.04. The van der Waals surface area contributed by atoms with Gasteiger partial charge in [0.05, 0.1) is 11.4 Å². The van der Waals surface area contributed by atoms with Crippen molar-refractivity contribution >= 4 is 11.4 Å². The van der Waals surface area contributed by atoms with Crippen LogP contribution in [0.5, 0.6) is 0 Å². The molecule has 1 aromatic carbocycles. The molecule has 0 aromatic heterocycles. The molecule has 1 aromatic rings. The summed E-state index contributed by atoms with van der Waals surface area (Å²) >= 11 is 0. The standard InChI is InChI=1S/C15H14N2.C2H6/c1-3-4-8-12(2)14-11-15(17-16-14)13-9-6-5-7-10-13;1-2/h3-10H,1-2,11H2;1-2H3/b8-4-;. The molecule has 0 radical (unpaired) electrons. The van der Waals surface area contributed by atoms with Crippen molar-refractivity contribution in [3.8, 4) is 0 Å². The van der Waals surface area contributed by atoms with E-state index in [1.165, 1.54) is 0 Å². The van der Waals surface area contributed by atoms with Crippen LogP contribution < -0.4 is 0 Å². The minimum absolute atomic E-state index is 0.740. The average molecular weight is 252 g/mol. The van der Waals surface area contributed by atoms with Gasteiger partial charge in [-0.25, -0.2) is 0 Å². The number of hydrogen-bond donors (Lipinski definition) is 0. The van der Waals surface area contributed by atoms with E-state index in [0.717, 1.165) is 29.0 Å². The molecule has 19 heavy (non-hydrogen) atoms. The zero-order valence-corrected chi connectivity index (χ0v) is 11.6. The van der Waals surface area contributed by atoms with Crippen LogP contribution >= 0.6 is 0 Å². The Labute approximate surface area is 115 Å². The molecule has 2 nitrogen and oxygen atoms in total. The third kappa shape index (κ3) is 4.18. The van der Waals surface area contributed by atoms with Crippen LogP contribution in [0.4, 0.5) is 0 Å². The Morgan fingerprint density at radius 3 is 2.47 bits per heavy atom. The molecule has 0 bridgehead atoms. The maximum atomic E-state index is 4.20. The smallest absolute Gasteiger partial charge is 0.0763 e. The van der Waals surface area contributed by atoms with E-state index in [4.69, 9.17) is 0 Å². The summed E-state index contributed by atoms with van der Waals surface area (Å²) < 4.78 is 0. The molecular weight excluding hydrogens is 232 g/mol. The van der Waals surface area contributed by atoms with Gasteiger partial charge in [0.25, 0.3) is 0 Å². The fraction of sp³-hybridized carbons (Fsp3) is 0.176. The summed E-state index contributed by atoms with van der Waals surface area (Å²) in [5, 5.41) is 8.37. The van der Waals surface area contributed by atoms with E-state index in [0.29, 0.717) is 0 Å². The fourth-order valence-corrected chi connectivity index (χ4v) is 1.60. The summed E-state index contributed by atoms with van der Waals surface area (Å²) in [4.78, 5) is 0. The second-order valence-electron chi connectivity index (χ2n) is 3.76. The van der Waals surface area contributed by atoms with Crippen LogP contribution in [0, 0.1) is 0 Å². The minimum Gasteiger partial charge on any atom is -0.154 e. The minimum atomic E-state index is 0.740. The molecule has 98 valence electrons. The van der Waals surface area contributed by atoms with Crippen molar-refractivity contribution in [2.75, 3.05) is 0 Å². The topological polar surface area (TPSA) is 24.7 Å². The first-order chi connectivity index (χ1) is 9.31. The van der Waals surface area contributed by atoms with Gasteiger partial charge in [0.2, 0.25) is 0 Å². The molecule has 0 saturated heterocycles. The van der Waals surface area contributed by atoms with Gasteiger partial charge in [-0.3, -0.25) is 0 Å². The van der Waals surface area contributed by atoms with Gasteiger partial charge >= 0.3 is 0 Å². The molecule has 2 heteroatoms. The molecule has 0 amide bonds. The van der Waals surface area contributed by atoms with Crippen molar-refractivity contribution in [3.05, 3.63) is 72.9 Å².